The second-order valence-electron chi connectivity index (χ2n) is 5.34. The number of halogens is 1. The minimum Gasteiger partial charge on any atom is -0.493 e. The molecule has 116 valence electrons. The lowest BCUT2D eigenvalue weighted by molar-refractivity contribution is 0.298. The molecule has 5 nitrogen and oxygen atoms in total. The molecule has 0 bridgehead atoms. The zero-order chi connectivity index (χ0) is 15.4. The second kappa shape index (κ2) is 6.60. The molecule has 2 N–H and O–H groups in total. The zero-order valence-electron chi connectivity index (χ0n) is 12.5. The number of hydrogen-bond acceptors (Lipinski definition) is 5. The van der Waals surface area contributed by atoms with Gasteiger partial charge in [-0.25, -0.2) is 9.37 Å². The fraction of sp³-hybridized carbons (Fsp3) is 0.375. The zero-order valence-corrected chi connectivity index (χ0v) is 12.5. The predicted molar refractivity (Wildman–Crippen MR) is 83.8 cm³/mol. The molecule has 1 aliphatic heterocycles. The molecule has 1 atom stereocenters. The summed E-state index contributed by atoms with van der Waals surface area (Å²) in [5, 5.41) is 5.90. The van der Waals surface area contributed by atoms with Gasteiger partial charge in [0.05, 0.1) is 12.8 Å². The normalized spacial score (nSPS) is 17.1. The Morgan fingerprint density at radius 2 is 2.23 bits per heavy atom. The number of ether oxygens (including phenoxy) is 1. The van der Waals surface area contributed by atoms with Crippen molar-refractivity contribution in [3.8, 4) is 5.75 Å². The van der Waals surface area contributed by atoms with Crippen LogP contribution in [0.25, 0.3) is 0 Å². The molecule has 1 aromatic heterocycles. The first-order chi connectivity index (χ1) is 10.8. The summed E-state index contributed by atoms with van der Waals surface area (Å²) in [4.78, 5) is 8.07. The Balaban J connectivity index is 1.64. The van der Waals surface area contributed by atoms with Gasteiger partial charge in [-0.05, 0) is 30.4 Å². The second-order valence-corrected chi connectivity index (χ2v) is 5.34. The molecular weight excluding hydrogens is 283 g/mol. The highest BCUT2D eigenvalue weighted by Gasteiger charge is 2.17. The SMILES string of the molecule is CNc1nc(NC[C@H]2CCOc3ccccc3C2)ncc1F. The molecule has 1 aromatic carbocycles. The largest absolute Gasteiger partial charge is 0.493 e. The highest BCUT2D eigenvalue weighted by atomic mass is 19.1. The maximum Gasteiger partial charge on any atom is 0.224 e. The first-order valence-corrected chi connectivity index (χ1v) is 7.41. The van der Waals surface area contributed by atoms with Gasteiger partial charge in [-0.3, -0.25) is 0 Å². The molecule has 1 aliphatic rings. The molecule has 3 rings (SSSR count). The summed E-state index contributed by atoms with van der Waals surface area (Å²) in [7, 11) is 1.63. The number of fused-ring (bicyclic) bond motifs is 1. The number of nitrogens with zero attached hydrogens (tertiary/aromatic N) is 2. The van der Waals surface area contributed by atoms with Crippen molar-refractivity contribution >= 4 is 11.8 Å². The van der Waals surface area contributed by atoms with Crippen LogP contribution in [0, 0.1) is 11.7 Å². The number of rotatable bonds is 4. The Morgan fingerprint density at radius 1 is 1.36 bits per heavy atom. The Morgan fingerprint density at radius 3 is 3.09 bits per heavy atom. The summed E-state index contributed by atoms with van der Waals surface area (Å²) in [6.07, 6.45) is 3.08. The molecule has 2 aromatic rings. The van der Waals surface area contributed by atoms with Gasteiger partial charge in [-0.15, -0.1) is 0 Å². The van der Waals surface area contributed by atoms with Gasteiger partial charge in [0.1, 0.15) is 5.75 Å². The van der Waals surface area contributed by atoms with Gasteiger partial charge >= 0.3 is 0 Å². The number of para-hydroxylation sites is 1. The minimum absolute atomic E-state index is 0.201. The van der Waals surface area contributed by atoms with Crippen molar-refractivity contribution in [3.05, 3.63) is 41.8 Å². The summed E-state index contributed by atoms with van der Waals surface area (Å²) >= 11 is 0. The summed E-state index contributed by atoms with van der Waals surface area (Å²) < 4.78 is 19.1. The molecule has 22 heavy (non-hydrogen) atoms. The van der Waals surface area contributed by atoms with Gasteiger partial charge in [-0.2, -0.15) is 4.98 Å². The topological polar surface area (TPSA) is 59.1 Å². The van der Waals surface area contributed by atoms with Crippen LogP contribution in [0.3, 0.4) is 0 Å². The summed E-state index contributed by atoms with van der Waals surface area (Å²) in [5.74, 6) is 1.58. The van der Waals surface area contributed by atoms with E-state index in [1.807, 2.05) is 18.2 Å². The first kappa shape index (κ1) is 14.6. The van der Waals surface area contributed by atoms with Crippen molar-refractivity contribution < 1.29 is 9.13 Å². The third-order valence-electron chi connectivity index (χ3n) is 3.79. The minimum atomic E-state index is -0.454. The lowest BCUT2D eigenvalue weighted by Gasteiger charge is -2.15. The molecule has 0 saturated heterocycles. The monoisotopic (exact) mass is 302 g/mol. The maximum absolute atomic E-state index is 13.4. The predicted octanol–water partition coefficient (Wildman–Crippen LogP) is 2.71. The molecule has 0 unspecified atom stereocenters. The Bertz CT molecular complexity index is 650. The molecule has 6 heteroatoms. The van der Waals surface area contributed by atoms with E-state index in [0.717, 1.165) is 25.1 Å². The third kappa shape index (κ3) is 3.27. The molecule has 0 spiro atoms. The quantitative estimate of drug-likeness (QED) is 0.909. The number of aromatic nitrogens is 2. The van der Waals surface area contributed by atoms with Crippen molar-refractivity contribution in [2.24, 2.45) is 5.92 Å². The van der Waals surface area contributed by atoms with Gasteiger partial charge < -0.3 is 15.4 Å². The molecule has 0 radical (unpaired) electrons. The molecule has 0 saturated carbocycles. The lowest BCUT2D eigenvalue weighted by Crippen LogP contribution is -2.19. The Labute approximate surface area is 128 Å². The van der Waals surface area contributed by atoms with E-state index in [9.17, 15) is 4.39 Å². The molecule has 0 aliphatic carbocycles. The Hall–Kier alpha value is -2.37. The van der Waals surface area contributed by atoms with Crippen LogP contribution >= 0.6 is 0 Å². The van der Waals surface area contributed by atoms with Crippen LogP contribution in [0.2, 0.25) is 0 Å². The van der Waals surface area contributed by atoms with E-state index in [4.69, 9.17) is 4.74 Å². The van der Waals surface area contributed by atoms with E-state index < -0.39 is 5.82 Å². The lowest BCUT2D eigenvalue weighted by atomic mass is 9.97. The highest BCUT2D eigenvalue weighted by molar-refractivity contribution is 5.40. The smallest absolute Gasteiger partial charge is 0.224 e. The van der Waals surface area contributed by atoms with E-state index in [1.54, 1.807) is 7.05 Å². The van der Waals surface area contributed by atoms with Gasteiger partial charge in [0.15, 0.2) is 11.6 Å². The van der Waals surface area contributed by atoms with Crippen LogP contribution in [0.15, 0.2) is 30.5 Å². The van der Waals surface area contributed by atoms with Gasteiger partial charge in [0.2, 0.25) is 5.95 Å². The van der Waals surface area contributed by atoms with E-state index in [2.05, 4.69) is 26.7 Å². The van der Waals surface area contributed by atoms with Crippen LogP contribution < -0.4 is 15.4 Å². The van der Waals surface area contributed by atoms with E-state index in [0.29, 0.717) is 18.5 Å². The van der Waals surface area contributed by atoms with E-state index >= 15 is 0 Å². The van der Waals surface area contributed by atoms with Gasteiger partial charge in [0, 0.05) is 13.6 Å². The number of hydrogen-bond donors (Lipinski definition) is 2. The average Bonchev–Trinajstić information content (AvgIpc) is 2.76. The van der Waals surface area contributed by atoms with Crippen LogP contribution in [0.5, 0.6) is 5.75 Å². The maximum atomic E-state index is 13.4. The Kier molecular flexibility index (Phi) is 4.37. The van der Waals surface area contributed by atoms with Gasteiger partial charge in [-0.1, -0.05) is 18.2 Å². The van der Waals surface area contributed by atoms with Crippen LogP contribution in [-0.2, 0) is 6.42 Å². The van der Waals surface area contributed by atoms with Crippen LogP contribution in [0.1, 0.15) is 12.0 Å². The van der Waals surface area contributed by atoms with E-state index in [-0.39, 0.29) is 5.82 Å². The third-order valence-corrected chi connectivity index (χ3v) is 3.79. The average molecular weight is 302 g/mol. The standard InChI is InChI=1S/C16H19FN4O/c1-18-15-13(17)10-20-16(21-15)19-9-11-6-7-22-14-5-3-2-4-12(14)8-11/h2-5,10-11H,6-9H2,1H3,(H2,18,19,20,21)/t11-/m0/s1. The van der Waals surface area contributed by atoms with Crippen molar-refractivity contribution in [3.63, 3.8) is 0 Å². The first-order valence-electron chi connectivity index (χ1n) is 7.41. The number of anilines is 2. The molecule has 2 heterocycles. The molecule has 0 fully saturated rings. The van der Waals surface area contributed by atoms with Crippen LogP contribution in [-0.4, -0.2) is 30.2 Å². The van der Waals surface area contributed by atoms with Gasteiger partial charge in [0.25, 0.3) is 0 Å². The highest BCUT2D eigenvalue weighted by Crippen LogP contribution is 2.26. The van der Waals surface area contributed by atoms with E-state index in [1.165, 1.54) is 11.8 Å². The van der Waals surface area contributed by atoms with Crippen molar-refractivity contribution in [2.75, 3.05) is 30.8 Å². The fourth-order valence-electron chi connectivity index (χ4n) is 2.60. The molecular formula is C16H19FN4O. The summed E-state index contributed by atoms with van der Waals surface area (Å²) in [6.45, 7) is 1.43. The fourth-order valence-corrected chi connectivity index (χ4v) is 2.60. The molecule has 0 amide bonds. The number of benzene rings is 1. The summed E-state index contributed by atoms with van der Waals surface area (Å²) in [5.41, 5.74) is 1.22. The van der Waals surface area contributed by atoms with Crippen LogP contribution in [0.4, 0.5) is 16.2 Å². The summed E-state index contributed by atoms with van der Waals surface area (Å²) in [6, 6.07) is 8.12. The number of nitrogens with one attached hydrogen (secondary N) is 2. The van der Waals surface area contributed by atoms with Crippen molar-refractivity contribution in [1.29, 1.82) is 0 Å². The van der Waals surface area contributed by atoms with Crippen molar-refractivity contribution in [1.82, 2.24) is 9.97 Å². The van der Waals surface area contributed by atoms with Crippen molar-refractivity contribution in [2.45, 2.75) is 12.8 Å².